The molecule has 0 aliphatic heterocycles. The maximum atomic E-state index is 3.33. The van der Waals surface area contributed by atoms with Crippen molar-refractivity contribution in [1.82, 2.24) is 5.32 Å². The average molecular weight is 211 g/mol. The van der Waals surface area contributed by atoms with Crippen molar-refractivity contribution in [3.05, 3.63) is 48.0 Å². The molecule has 1 aliphatic carbocycles. The zero-order valence-electron chi connectivity index (χ0n) is 9.66. The Balaban J connectivity index is 2.17. The van der Waals surface area contributed by atoms with Crippen LogP contribution in [0.5, 0.6) is 0 Å². The predicted molar refractivity (Wildman–Crippen MR) is 68.8 cm³/mol. The Bertz CT molecular complexity index is 506. The SMILES string of the molecule is CNCC1(c2cccc3ccccc23)CC1. The first-order valence-corrected chi connectivity index (χ1v) is 5.99. The van der Waals surface area contributed by atoms with Crippen molar-refractivity contribution in [3.63, 3.8) is 0 Å². The zero-order valence-corrected chi connectivity index (χ0v) is 9.66. The standard InChI is InChI=1S/C15H17N/c1-16-11-15(9-10-15)14-8-4-6-12-5-2-3-7-13(12)14/h2-8,16H,9-11H2,1H3. The molecule has 0 atom stereocenters. The monoisotopic (exact) mass is 211 g/mol. The summed E-state index contributed by atoms with van der Waals surface area (Å²) in [7, 11) is 2.05. The highest BCUT2D eigenvalue weighted by Crippen LogP contribution is 2.49. The average Bonchev–Trinajstić information content (AvgIpc) is 3.10. The number of hydrogen-bond donors (Lipinski definition) is 1. The second-order valence-corrected chi connectivity index (χ2v) is 4.84. The van der Waals surface area contributed by atoms with E-state index in [1.807, 2.05) is 7.05 Å². The maximum absolute atomic E-state index is 3.33. The van der Waals surface area contributed by atoms with Gasteiger partial charge >= 0.3 is 0 Å². The van der Waals surface area contributed by atoms with Gasteiger partial charge in [0.15, 0.2) is 0 Å². The van der Waals surface area contributed by atoms with Crippen LogP contribution in [0.25, 0.3) is 10.8 Å². The predicted octanol–water partition coefficient (Wildman–Crippen LogP) is 3.09. The highest BCUT2D eigenvalue weighted by molar-refractivity contribution is 5.87. The van der Waals surface area contributed by atoms with Gasteiger partial charge in [-0.05, 0) is 36.2 Å². The Kier molecular flexibility index (Phi) is 2.22. The van der Waals surface area contributed by atoms with Gasteiger partial charge in [-0.25, -0.2) is 0 Å². The third-order valence-corrected chi connectivity index (χ3v) is 3.73. The van der Waals surface area contributed by atoms with Crippen molar-refractivity contribution in [3.8, 4) is 0 Å². The molecule has 0 heterocycles. The van der Waals surface area contributed by atoms with E-state index < -0.39 is 0 Å². The Hall–Kier alpha value is -1.34. The summed E-state index contributed by atoms with van der Waals surface area (Å²) in [6, 6.07) is 15.4. The van der Waals surface area contributed by atoms with E-state index in [-0.39, 0.29) is 0 Å². The van der Waals surface area contributed by atoms with Gasteiger partial charge in [-0.2, -0.15) is 0 Å². The Morgan fingerprint density at radius 2 is 1.81 bits per heavy atom. The van der Waals surface area contributed by atoms with Gasteiger partial charge in [0.25, 0.3) is 0 Å². The van der Waals surface area contributed by atoms with E-state index >= 15 is 0 Å². The molecule has 1 N–H and O–H groups in total. The largest absolute Gasteiger partial charge is 0.319 e. The second-order valence-electron chi connectivity index (χ2n) is 4.84. The fourth-order valence-electron chi connectivity index (χ4n) is 2.72. The van der Waals surface area contributed by atoms with Crippen LogP contribution in [-0.2, 0) is 5.41 Å². The van der Waals surface area contributed by atoms with Crippen LogP contribution < -0.4 is 5.32 Å². The fraction of sp³-hybridized carbons (Fsp3) is 0.333. The van der Waals surface area contributed by atoms with Gasteiger partial charge in [-0.15, -0.1) is 0 Å². The fourth-order valence-corrected chi connectivity index (χ4v) is 2.72. The smallest absolute Gasteiger partial charge is 0.00844 e. The van der Waals surface area contributed by atoms with Crippen molar-refractivity contribution in [2.45, 2.75) is 18.3 Å². The highest BCUT2D eigenvalue weighted by Gasteiger charge is 2.44. The number of nitrogens with one attached hydrogen (secondary N) is 1. The molecule has 2 aromatic carbocycles. The number of fused-ring (bicyclic) bond motifs is 1. The molecule has 1 fully saturated rings. The van der Waals surface area contributed by atoms with Crippen molar-refractivity contribution >= 4 is 10.8 Å². The minimum Gasteiger partial charge on any atom is -0.319 e. The third-order valence-electron chi connectivity index (χ3n) is 3.73. The molecule has 2 aromatic rings. The summed E-state index contributed by atoms with van der Waals surface area (Å²) in [6.45, 7) is 1.10. The lowest BCUT2D eigenvalue weighted by Gasteiger charge is -2.17. The van der Waals surface area contributed by atoms with Crippen molar-refractivity contribution in [1.29, 1.82) is 0 Å². The third kappa shape index (κ3) is 1.43. The van der Waals surface area contributed by atoms with E-state index in [9.17, 15) is 0 Å². The molecule has 0 aromatic heterocycles. The molecule has 1 nitrogen and oxygen atoms in total. The van der Waals surface area contributed by atoms with Gasteiger partial charge in [-0.3, -0.25) is 0 Å². The molecule has 0 bridgehead atoms. The molecule has 3 rings (SSSR count). The van der Waals surface area contributed by atoms with Crippen LogP contribution in [0.4, 0.5) is 0 Å². The minimum atomic E-state index is 0.412. The maximum Gasteiger partial charge on any atom is 0.00844 e. The second kappa shape index (κ2) is 3.60. The van der Waals surface area contributed by atoms with Crippen molar-refractivity contribution in [2.75, 3.05) is 13.6 Å². The molecule has 1 saturated carbocycles. The topological polar surface area (TPSA) is 12.0 Å². The number of likely N-dealkylation sites (N-methyl/N-ethyl adjacent to an activating group) is 1. The lowest BCUT2D eigenvalue weighted by atomic mass is 9.91. The van der Waals surface area contributed by atoms with Gasteiger partial charge in [0.2, 0.25) is 0 Å². The van der Waals surface area contributed by atoms with Crippen molar-refractivity contribution < 1.29 is 0 Å². The van der Waals surface area contributed by atoms with Crippen LogP contribution in [0, 0.1) is 0 Å². The van der Waals surface area contributed by atoms with E-state index in [4.69, 9.17) is 0 Å². The summed E-state index contributed by atoms with van der Waals surface area (Å²) in [5.41, 5.74) is 1.94. The van der Waals surface area contributed by atoms with Crippen LogP contribution in [0.3, 0.4) is 0 Å². The lowest BCUT2D eigenvalue weighted by molar-refractivity contribution is 0.628. The molecule has 82 valence electrons. The van der Waals surface area contributed by atoms with Crippen LogP contribution in [0.15, 0.2) is 42.5 Å². The van der Waals surface area contributed by atoms with E-state index in [1.54, 1.807) is 0 Å². The Morgan fingerprint density at radius 3 is 2.56 bits per heavy atom. The Labute approximate surface area is 96.5 Å². The number of hydrogen-bond acceptors (Lipinski definition) is 1. The normalized spacial score (nSPS) is 17.6. The summed E-state index contributed by atoms with van der Waals surface area (Å²) in [4.78, 5) is 0. The first-order valence-electron chi connectivity index (χ1n) is 5.99. The van der Waals surface area contributed by atoms with E-state index in [0.29, 0.717) is 5.41 Å². The van der Waals surface area contributed by atoms with Crippen LogP contribution in [0.2, 0.25) is 0 Å². The minimum absolute atomic E-state index is 0.412. The molecule has 0 saturated heterocycles. The molecule has 0 spiro atoms. The Morgan fingerprint density at radius 1 is 1.06 bits per heavy atom. The summed E-state index contributed by atoms with van der Waals surface area (Å²) < 4.78 is 0. The number of rotatable bonds is 3. The molecule has 0 radical (unpaired) electrons. The van der Waals surface area contributed by atoms with Gasteiger partial charge in [0.1, 0.15) is 0 Å². The van der Waals surface area contributed by atoms with E-state index in [1.165, 1.54) is 29.2 Å². The summed E-state index contributed by atoms with van der Waals surface area (Å²) >= 11 is 0. The number of benzene rings is 2. The molecule has 0 amide bonds. The van der Waals surface area contributed by atoms with Gasteiger partial charge < -0.3 is 5.32 Å². The highest BCUT2D eigenvalue weighted by atomic mass is 14.8. The molecular formula is C15H17N. The molecule has 1 heteroatoms. The zero-order chi connectivity index (χ0) is 11.0. The van der Waals surface area contributed by atoms with Crippen LogP contribution in [0.1, 0.15) is 18.4 Å². The quantitative estimate of drug-likeness (QED) is 0.822. The van der Waals surface area contributed by atoms with E-state index in [0.717, 1.165) is 6.54 Å². The molecule has 16 heavy (non-hydrogen) atoms. The van der Waals surface area contributed by atoms with Crippen LogP contribution in [-0.4, -0.2) is 13.6 Å². The van der Waals surface area contributed by atoms with E-state index in [2.05, 4.69) is 47.8 Å². The van der Waals surface area contributed by atoms with Gasteiger partial charge in [0, 0.05) is 12.0 Å². The van der Waals surface area contributed by atoms with Crippen molar-refractivity contribution in [2.24, 2.45) is 0 Å². The van der Waals surface area contributed by atoms with Crippen LogP contribution >= 0.6 is 0 Å². The molecule has 0 unspecified atom stereocenters. The summed E-state index contributed by atoms with van der Waals surface area (Å²) in [5.74, 6) is 0. The molecular weight excluding hydrogens is 194 g/mol. The molecule has 1 aliphatic rings. The van der Waals surface area contributed by atoms with Gasteiger partial charge in [0.05, 0.1) is 0 Å². The lowest BCUT2D eigenvalue weighted by Crippen LogP contribution is -2.23. The summed E-state index contributed by atoms with van der Waals surface area (Å²) in [6.07, 6.45) is 2.64. The summed E-state index contributed by atoms with van der Waals surface area (Å²) in [5, 5.41) is 6.13. The van der Waals surface area contributed by atoms with Gasteiger partial charge in [-0.1, -0.05) is 42.5 Å². The first kappa shape index (κ1) is 9.86. The first-order chi connectivity index (χ1) is 7.86.